The van der Waals surface area contributed by atoms with Gasteiger partial charge >= 0.3 is 11.9 Å². The predicted molar refractivity (Wildman–Crippen MR) is 70.6 cm³/mol. The highest BCUT2D eigenvalue weighted by atomic mass is 32.2. The zero-order chi connectivity index (χ0) is 15.6. The lowest BCUT2D eigenvalue weighted by molar-refractivity contribution is 0.0394. The number of aromatic amines is 1. The number of nitrogens with zero attached hydrogens (tertiary/aromatic N) is 1. The molecule has 21 heavy (non-hydrogen) atoms. The highest BCUT2D eigenvalue weighted by molar-refractivity contribution is 7.89. The van der Waals surface area contributed by atoms with Gasteiger partial charge in [0.1, 0.15) is 0 Å². The van der Waals surface area contributed by atoms with Crippen molar-refractivity contribution in [1.82, 2.24) is 10.2 Å². The Bertz CT molecular complexity index is 812. The number of hydrogen-bond acceptors (Lipinski definition) is 7. The van der Waals surface area contributed by atoms with Crippen LogP contribution in [-0.4, -0.2) is 30.6 Å². The molecule has 110 valence electrons. The summed E-state index contributed by atoms with van der Waals surface area (Å²) in [5.41, 5.74) is 5.31. The summed E-state index contributed by atoms with van der Waals surface area (Å²) in [6.07, 6.45) is 0. The fourth-order valence-electron chi connectivity index (χ4n) is 1.43. The van der Waals surface area contributed by atoms with Gasteiger partial charge in [-0.05, 0) is 12.1 Å². The molecule has 0 aliphatic heterocycles. The highest BCUT2D eigenvalue weighted by Gasteiger charge is 2.21. The Morgan fingerprint density at radius 2 is 1.86 bits per heavy atom. The van der Waals surface area contributed by atoms with Crippen LogP contribution in [0.2, 0.25) is 0 Å². The molecule has 0 unspecified atom stereocenters. The third kappa shape index (κ3) is 3.24. The van der Waals surface area contributed by atoms with Crippen LogP contribution in [-0.2, 0) is 14.8 Å². The number of aromatic nitrogens is 2. The van der Waals surface area contributed by atoms with Gasteiger partial charge in [0.2, 0.25) is 0 Å². The summed E-state index contributed by atoms with van der Waals surface area (Å²) < 4.78 is 26.6. The third-order valence-electron chi connectivity index (χ3n) is 2.44. The SMILES string of the molecule is Nc1ccccc1C(=O)OC(=O)c1cc(S(N)(=O)=O)[nH]n1. The second kappa shape index (κ2) is 5.34. The van der Waals surface area contributed by atoms with Crippen LogP contribution in [0.4, 0.5) is 5.69 Å². The third-order valence-corrected chi connectivity index (χ3v) is 3.26. The Kier molecular flexibility index (Phi) is 3.74. The van der Waals surface area contributed by atoms with E-state index in [4.69, 9.17) is 10.9 Å². The average Bonchev–Trinajstić information content (AvgIpc) is 2.88. The van der Waals surface area contributed by atoms with E-state index in [1.807, 2.05) is 0 Å². The molecule has 1 aromatic carbocycles. The van der Waals surface area contributed by atoms with E-state index in [2.05, 4.69) is 14.9 Å². The molecule has 0 saturated carbocycles. The number of nitrogens with one attached hydrogen (secondary N) is 1. The van der Waals surface area contributed by atoms with Crippen molar-refractivity contribution in [2.45, 2.75) is 5.03 Å². The maximum atomic E-state index is 11.7. The molecule has 1 heterocycles. The number of hydrogen-bond donors (Lipinski definition) is 3. The number of rotatable bonds is 3. The predicted octanol–water partition coefficient (Wildman–Crippen LogP) is -0.363. The van der Waals surface area contributed by atoms with E-state index < -0.39 is 32.7 Å². The molecular weight excluding hydrogens is 300 g/mol. The molecule has 0 amide bonds. The maximum absolute atomic E-state index is 11.7. The normalized spacial score (nSPS) is 11.1. The molecule has 9 nitrogen and oxygen atoms in total. The lowest BCUT2D eigenvalue weighted by atomic mass is 10.2. The molecule has 0 spiro atoms. The first-order chi connectivity index (χ1) is 9.79. The number of primary sulfonamides is 1. The molecule has 0 bridgehead atoms. The van der Waals surface area contributed by atoms with Gasteiger partial charge in [0, 0.05) is 11.8 Å². The van der Waals surface area contributed by atoms with Crippen LogP contribution in [0.15, 0.2) is 35.4 Å². The number of ether oxygens (including phenoxy) is 1. The summed E-state index contributed by atoms with van der Waals surface area (Å²) in [6.45, 7) is 0. The van der Waals surface area contributed by atoms with Crippen LogP contribution < -0.4 is 10.9 Å². The van der Waals surface area contributed by atoms with Crippen molar-refractivity contribution < 1.29 is 22.7 Å². The number of nitrogen functional groups attached to an aromatic ring is 1. The standard InChI is InChI=1S/C11H10N4O5S/c12-7-4-2-1-3-6(7)10(16)20-11(17)8-5-9(15-14-8)21(13,18)19/h1-5H,12H2,(H,14,15)(H2,13,18,19). The molecule has 0 radical (unpaired) electrons. The Hall–Kier alpha value is -2.72. The maximum Gasteiger partial charge on any atom is 0.366 e. The first-order valence-electron chi connectivity index (χ1n) is 5.48. The molecular formula is C11H10N4O5S. The second-order valence-electron chi connectivity index (χ2n) is 3.93. The quantitative estimate of drug-likeness (QED) is 0.396. The van der Waals surface area contributed by atoms with Crippen LogP contribution in [0.1, 0.15) is 20.8 Å². The van der Waals surface area contributed by atoms with Gasteiger partial charge in [-0.25, -0.2) is 23.1 Å². The monoisotopic (exact) mass is 310 g/mol. The first kappa shape index (κ1) is 14.7. The minimum Gasteiger partial charge on any atom is -0.398 e. The summed E-state index contributed by atoms with van der Waals surface area (Å²) >= 11 is 0. The number of para-hydroxylation sites is 1. The molecule has 0 aliphatic rings. The van der Waals surface area contributed by atoms with E-state index in [0.29, 0.717) is 0 Å². The number of sulfonamides is 1. The van der Waals surface area contributed by atoms with Crippen molar-refractivity contribution in [3.8, 4) is 0 Å². The van der Waals surface area contributed by atoms with Gasteiger partial charge in [0.25, 0.3) is 10.0 Å². The lowest BCUT2D eigenvalue weighted by Crippen LogP contribution is -2.14. The molecule has 2 aromatic rings. The van der Waals surface area contributed by atoms with Gasteiger partial charge in [-0.2, -0.15) is 5.10 Å². The van der Waals surface area contributed by atoms with E-state index in [-0.39, 0.29) is 11.3 Å². The molecule has 0 atom stereocenters. The average molecular weight is 310 g/mol. The molecule has 0 saturated heterocycles. The zero-order valence-corrected chi connectivity index (χ0v) is 11.3. The van der Waals surface area contributed by atoms with Crippen LogP contribution in [0, 0.1) is 0 Å². The number of anilines is 1. The van der Waals surface area contributed by atoms with E-state index in [1.54, 1.807) is 12.1 Å². The van der Waals surface area contributed by atoms with Crippen LogP contribution >= 0.6 is 0 Å². The van der Waals surface area contributed by atoms with Crippen molar-refractivity contribution in [3.05, 3.63) is 41.6 Å². The van der Waals surface area contributed by atoms with Gasteiger partial charge in [-0.15, -0.1) is 0 Å². The second-order valence-corrected chi connectivity index (χ2v) is 5.46. The summed E-state index contributed by atoms with van der Waals surface area (Å²) in [7, 11) is -4.03. The largest absolute Gasteiger partial charge is 0.398 e. The topological polar surface area (TPSA) is 158 Å². The number of H-pyrrole nitrogens is 1. The molecule has 5 N–H and O–H groups in total. The van der Waals surface area contributed by atoms with E-state index in [0.717, 1.165) is 6.07 Å². The van der Waals surface area contributed by atoms with E-state index in [9.17, 15) is 18.0 Å². The Balaban J connectivity index is 2.17. The van der Waals surface area contributed by atoms with Crippen LogP contribution in [0.25, 0.3) is 0 Å². The molecule has 1 aromatic heterocycles. The molecule has 0 fully saturated rings. The summed E-state index contributed by atoms with van der Waals surface area (Å²) in [4.78, 5) is 23.4. The summed E-state index contributed by atoms with van der Waals surface area (Å²) in [5, 5.41) is 9.84. The van der Waals surface area contributed by atoms with Gasteiger partial charge in [0.05, 0.1) is 5.56 Å². The Morgan fingerprint density at radius 1 is 1.19 bits per heavy atom. The smallest absolute Gasteiger partial charge is 0.366 e. The zero-order valence-electron chi connectivity index (χ0n) is 10.4. The Labute approximate surface area is 118 Å². The summed E-state index contributed by atoms with van der Waals surface area (Å²) in [6, 6.07) is 6.87. The van der Waals surface area contributed by atoms with Gasteiger partial charge < -0.3 is 10.5 Å². The summed E-state index contributed by atoms with van der Waals surface area (Å²) in [5.74, 6) is -2.10. The molecule has 0 aliphatic carbocycles. The minimum absolute atomic E-state index is 0.00746. The van der Waals surface area contributed by atoms with Crippen molar-refractivity contribution >= 4 is 27.6 Å². The number of benzene rings is 1. The number of esters is 2. The van der Waals surface area contributed by atoms with Crippen LogP contribution in [0.3, 0.4) is 0 Å². The fraction of sp³-hybridized carbons (Fsp3) is 0. The number of nitrogens with two attached hydrogens (primary N) is 2. The van der Waals surface area contributed by atoms with Crippen LogP contribution in [0.5, 0.6) is 0 Å². The fourth-order valence-corrected chi connectivity index (χ4v) is 1.88. The lowest BCUT2D eigenvalue weighted by Gasteiger charge is -2.03. The van der Waals surface area contributed by atoms with Crippen molar-refractivity contribution in [3.63, 3.8) is 0 Å². The Morgan fingerprint density at radius 3 is 2.43 bits per heavy atom. The first-order valence-corrected chi connectivity index (χ1v) is 7.03. The van der Waals surface area contributed by atoms with Crippen molar-refractivity contribution in [2.75, 3.05) is 5.73 Å². The van der Waals surface area contributed by atoms with Crippen molar-refractivity contribution in [2.24, 2.45) is 5.14 Å². The molecule has 2 rings (SSSR count). The molecule has 10 heteroatoms. The number of carbonyl (C=O) groups excluding carboxylic acids is 2. The van der Waals surface area contributed by atoms with Gasteiger partial charge in [-0.1, -0.05) is 12.1 Å². The highest BCUT2D eigenvalue weighted by Crippen LogP contribution is 2.13. The van der Waals surface area contributed by atoms with Gasteiger partial charge in [0.15, 0.2) is 10.7 Å². The van der Waals surface area contributed by atoms with Crippen molar-refractivity contribution in [1.29, 1.82) is 0 Å². The van der Waals surface area contributed by atoms with E-state index in [1.165, 1.54) is 12.1 Å². The minimum atomic E-state index is -4.03. The van der Waals surface area contributed by atoms with Gasteiger partial charge in [-0.3, -0.25) is 5.10 Å². The number of carbonyl (C=O) groups is 2. The van der Waals surface area contributed by atoms with E-state index >= 15 is 0 Å².